The standard InChI is InChI=1S/C3H7NO2.C3H4O5S/c1-2-6-3(4)5;1-2(3(4)5)9(6,7)8/h2H2,1H3,(H2,4,5);1H2,(H,4,5)(H,6,7,8). The molecule has 0 aromatic carbocycles. The van der Waals surface area contributed by atoms with Crippen LogP contribution in [0.15, 0.2) is 11.5 Å². The lowest BCUT2D eigenvalue weighted by molar-refractivity contribution is -0.131. The number of nitrogens with two attached hydrogens (primary N) is 1. The molecule has 0 radical (unpaired) electrons. The van der Waals surface area contributed by atoms with Crippen LogP contribution in [-0.2, 0) is 19.6 Å². The van der Waals surface area contributed by atoms with Gasteiger partial charge in [0.05, 0.1) is 6.61 Å². The van der Waals surface area contributed by atoms with Crippen molar-refractivity contribution in [3.63, 3.8) is 0 Å². The van der Waals surface area contributed by atoms with Crippen LogP contribution in [-0.4, -0.2) is 36.7 Å². The summed E-state index contributed by atoms with van der Waals surface area (Å²) in [7, 11) is -4.60. The van der Waals surface area contributed by atoms with Gasteiger partial charge < -0.3 is 15.6 Å². The van der Waals surface area contributed by atoms with Gasteiger partial charge in [0.2, 0.25) is 0 Å². The Hall–Kier alpha value is -1.61. The maximum atomic E-state index is 9.85. The Morgan fingerprint density at radius 2 is 1.87 bits per heavy atom. The molecule has 0 aliphatic rings. The van der Waals surface area contributed by atoms with Crippen LogP contribution in [0.25, 0.3) is 0 Å². The number of carbonyl (C=O) groups is 2. The van der Waals surface area contributed by atoms with E-state index in [4.69, 9.17) is 9.66 Å². The van der Waals surface area contributed by atoms with Crippen molar-refractivity contribution in [2.24, 2.45) is 5.73 Å². The molecule has 88 valence electrons. The molecule has 0 atom stereocenters. The summed E-state index contributed by atoms with van der Waals surface area (Å²) < 4.78 is 31.8. The van der Waals surface area contributed by atoms with Crippen molar-refractivity contribution < 1.29 is 32.4 Å². The van der Waals surface area contributed by atoms with Gasteiger partial charge in [0.15, 0.2) is 4.91 Å². The minimum absolute atomic E-state index is 0.356. The van der Waals surface area contributed by atoms with Crippen molar-refractivity contribution in [1.82, 2.24) is 0 Å². The summed E-state index contributed by atoms with van der Waals surface area (Å²) in [5.74, 6) is -1.75. The van der Waals surface area contributed by atoms with E-state index < -0.39 is 27.1 Å². The summed E-state index contributed by atoms with van der Waals surface area (Å²) in [4.78, 5) is 18.1. The fourth-order valence-corrected chi connectivity index (χ4v) is 0.473. The highest BCUT2D eigenvalue weighted by Gasteiger charge is 2.17. The zero-order valence-corrected chi connectivity index (χ0v) is 8.65. The fourth-order valence-electron chi connectivity index (χ4n) is 0.253. The summed E-state index contributed by atoms with van der Waals surface area (Å²) in [6, 6.07) is 0. The molecule has 0 fully saturated rings. The van der Waals surface area contributed by atoms with Crippen LogP contribution in [0.2, 0.25) is 0 Å². The smallest absolute Gasteiger partial charge is 0.404 e. The minimum atomic E-state index is -4.60. The third-order valence-corrected chi connectivity index (χ3v) is 1.63. The fraction of sp³-hybridized carbons (Fsp3) is 0.333. The first-order valence-electron chi connectivity index (χ1n) is 3.44. The highest BCUT2D eigenvalue weighted by molar-refractivity contribution is 7.90. The van der Waals surface area contributed by atoms with Gasteiger partial charge in [-0.1, -0.05) is 6.58 Å². The molecule has 0 saturated carbocycles. The number of carboxylic acids is 1. The van der Waals surface area contributed by atoms with Crippen LogP contribution in [0, 0.1) is 0 Å². The molecule has 0 saturated heterocycles. The Morgan fingerprint density at radius 3 is 1.87 bits per heavy atom. The average molecular weight is 241 g/mol. The van der Waals surface area contributed by atoms with Crippen molar-refractivity contribution in [1.29, 1.82) is 0 Å². The molecule has 0 heterocycles. The Bertz CT molecular complexity index is 344. The largest absolute Gasteiger partial charge is 0.477 e. The topological polar surface area (TPSA) is 144 Å². The zero-order valence-electron chi connectivity index (χ0n) is 7.84. The number of carbonyl (C=O) groups excluding carboxylic acids is 1. The highest BCUT2D eigenvalue weighted by atomic mass is 32.2. The van der Waals surface area contributed by atoms with Gasteiger partial charge in [-0.3, -0.25) is 4.55 Å². The first-order chi connectivity index (χ1) is 6.62. The first-order valence-corrected chi connectivity index (χ1v) is 4.88. The number of amides is 1. The van der Waals surface area contributed by atoms with Crippen LogP contribution < -0.4 is 5.73 Å². The number of ether oxygens (including phenoxy) is 1. The molecule has 0 aliphatic heterocycles. The quantitative estimate of drug-likeness (QED) is 0.449. The van der Waals surface area contributed by atoms with Gasteiger partial charge in [0.1, 0.15) is 0 Å². The van der Waals surface area contributed by atoms with Crippen LogP contribution in [0.5, 0.6) is 0 Å². The summed E-state index contributed by atoms with van der Waals surface area (Å²) in [5, 5.41) is 7.88. The summed E-state index contributed by atoms with van der Waals surface area (Å²) in [6.45, 7) is 4.64. The molecule has 0 bridgehead atoms. The van der Waals surface area contributed by atoms with Gasteiger partial charge in [-0.2, -0.15) is 8.42 Å². The minimum Gasteiger partial charge on any atom is -0.477 e. The van der Waals surface area contributed by atoms with E-state index in [1.54, 1.807) is 6.92 Å². The van der Waals surface area contributed by atoms with Crippen molar-refractivity contribution >= 4 is 22.2 Å². The van der Waals surface area contributed by atoms with Gasteiger partial charge in [-0.05, 0) is 6.92 Å². The van der Waals surface area contributed by atoms with Gasteiger partial charge in [-0.25, -0.2) is 9.59 Å². The van der Waals surface area contributed by atoms with Gasteiger partial charge in [-0.15, -0.1) is 0 Å². The molecule has 15 heavy (non-hydrogen) atoms. The Kier molecular flexibility index (Phi) is 7.17. The molecule has 9 heteroatoms. The molecule has 0 rings (SSSR count). The van der Waals surface area contributed by atoms with Crippen molar-refractivity contribution in [3.8, 4) is 0 Å². The van der Waals surface area contributed by atoms with E-state index in [9.17, 15) is 18.0 Å². The van der Waals surface area contributed by atoms with E-state index in [0.717, 1.165) is 0 Å². The normalized spacial score (nSPS) is 9.47. The van der Waals surface area contributed by atoms with Crippen LogP contribution in [0.3, 0.4) is 0 Å². The summed E-state index contributed by atoms with van der Waals surface area (Å²) in [5.41, 5.74) is 4.54. The molecule has 0 spiro atoms. The van der Waals surface area contributed by atoms with E-state index in [1.807, 2.05) is 0 Å². The number of hydrogen-bond donors (Lipinski definition) is 3. The molecular formula is C6H11NO7S. The van der Waals surface area contributed by atoms with Crippen molar-refractivity contribution in [2.45, 2.75) is 6.92 Å². The molecule has 1 amide bonds. The second-order valence-corrected chi connectivity index (χ2v) is 3.40. The maximum Gasteiger partial charge on any atom is 0.404 e. The summed E-state index contributed by atoms with van der Waals surface area (Å²) in [6.07, 6.45) is -0.711. The number of aliphatic carboxylic acids is 1. The van der Waals surface area contributed by atoms with Crippen LogP contribution in [0.1, 0.15) is 6.92 Å². The van der Waals surface area contributed by atoms with E-state index in [-0.39, 0.29) is 0 Å². The Balaban J connectivity index is 0. The van der Waals surface area contributed by atoms with E-state index >= 15 is 0 Å². The second-order valence-electron chi connectivity index (χ2n) is 1.96. The maximum absolute atomic E-state index is 9.85. The number of rotatable bonds is 3. The molecule has 0 unspecified atom stereocenters. The number of carboxylic acid groups (broad SMARTS) is 1. The van der Waals surface area contributed by atoms with Crippen molar-refractivity contribution in [2.75, 3.05) is 6.61 Å². The van der Waals surface area contributed by atoms with E-state index in [1.165, 1.54) is 0 Å². The first kappa shape index (κ1) is 15.8. The lowest BCUT2D eigenvalue weighted by Gasteiger charge is -1.90. The van der Waals surface area contributed by atoms with Crippen molar-refractivity contribution in [3.05, 3.63) is 11.5 Å². The highest BCUT2D eigenvalue weighted by Crippen LogP contribution is 1.98. The molecule has 0 aromatic rings. The zero-order chi connectivity index (χ0) is 12.6. The molecular weight excluding hydrogens is 230 g/mol. The lowest BCUT2D eigenvalue weighted by atomic mass is 10.7. The third-order valence-electron chi connectivity index (χ3n) is 0.837. The van der Waals surface area contributed by atoms with Gasteiger partial charge in [0, 0.05) is 0 Å². The Labute approximate surface area is 86.1 Å². The third kappa shape index (κ3) is 10.3. The monoisotopic (exact) mass is 241 g/mol. The number of hydrogen-bond acceptors (Lipinski definition) is 5. The SMILES string of the molecule is C=C(C(=O)O)S(=O)(=O)O.CCOC(N)=O. The molecule has 8 nitrogen and oxygen atoms in total. The predicted octanol–water partition coefficient (Wildman–Crippen LogP) is -0.426. The average Bonchev–Trinajstić information content (AvgIpc) is 2.01. The van der Waals surface area contributed by atoms with Crippen LogP contribution in [0.4, 0.5) is 4.79 Å². The Morgan fingerprint density at radius 1 is 1.47 bits per heavy atom. The van der Waals surface area contributed by atoms with Crippen LogP contribution >= 0.6 is 0 Å². The molecule has 0 aromatic heterocycles. The molecule has 4 N–H and O–H groups in total. The van der Waals surface area contributed by atoms with E-state index in [0.29, 0.717) is 6.61 Å². The molecule has 0 aliphatic carbocycles. The second kappa shape index (κ2) is 6.79. The number of primary amides is 1. The summed E-state index contributed by atoms with van der Waals surface area (Å²) >= 11 is 0. The van der Waals surface area contributed by atoms with Gasteiger partial charge >= 0.3 is 22.2 Å². The predicted molar refractivity (Wildman–Crippen MR) is 49.5 cm³/mol. The lowest BCUT2D eigenvalue weighted by Crippen LogP contribution is -2.11. The van der Waals surface area contributed by atoms with E-state index in [2.05, 4.69) is 17.0 Å². The van der Waals surface area contributed by atoms with Gasteiger partial charge in [0.25, 0.3) is 0 Å².